The second kappa shape index (κ2) is 17.9. The first-order valence-corrected chi connectivity index (χ1v) is 17.8. The number of nitrogens with one attached hydrogen (secondary N) is 2. The summed E-state index contributed by atoms with van der Waals surface area (Å²) in [6.45, 7) is 6.18. The largest absolute Gasteiger partial charge is 0.497 e. The van der Waals surface area contributed by atoms with Crippen LogP contribution < -0.4 is 25.1 Å². The molecule has 4 aromatic carbocycles. The summed E-state index contributed by atoms with van der Waals surface area (Å²) in [7, 11) is 3.21. The van der Waals surface area contributed by atoms with Gasteiger partial charge in [-0.05, 0) is 98.3 Å². The van der Waals surface area contributed by atoms with E-state index in [4.69, 9.17) is 33.8 Å². The van der Waals surface area contributed by atoms with E-state index in [-0.39, 0.29) is 25.3 Å². The van der Waals surface area contributed by atoms with Crippen LogP contribution in [0.4, 0.5) is 0 Å². The molecule has 3 N–H and O–H groups in total. The number of rotatable bonds is 17. The summed E-state index contributed by atoms with van der Waals surface area (Å²) in [4.78, 5) is 32.7. The third kappa shape index (κ3) is 10.1. The number of nitrogens with zero attached hydrogens (tertiary/aromatic N) is 1. The Morgan fingerprint density at radius 1 is 0.868 bits per heavy atom. The lowest BCUT2D eigenvalue weighted by Gasteiger charge is -2.31. The van der Waals surface area contributed by atoms with Crippen LogP contribution >= 0.6 is 0 Å². The Hall–Kier alpha value is -5.39. The maximum atomic E-state index is 14.6. The number of carbonyl (C=O) groups is 2. The van der Waals surface area contributed by atoms with Crippen LogP contribution in [-0.4, -0.2) is 68.0 Å². The van der Waals surface area contributed by atoms with E-state index < -0.39 is 29.1 Å². The first kappa shape index (κ1) is 38.8. The number of aliphatic hydroxyl groups is 1. The van der Waals surface area contributed by atoms with Crippen molar-refractivity contribution in [1.82, 2.24) is 10.9 Å². The number of hydrazine groups is 1. The SMILES string of the molecule is COc1ccc(OC)c(CCNNC(=O)[C@@]2(CCC(=O)OC(C)(C)C)N=C(c3ccc(OCCCO)cc3)O[C@H]2c2ccc(-c3ccccc3)cc2)c1. The van der Waals surface area contributed by atoms with Crippen molar-refractivity contribution in [3.05, 3.63) is 114 Å². The highest BCUT2D eigenvalue weighted by Crippen LogP contribution is 2.44. The molecule has 0 spiro atoms. The molecule has 53 heavy (non-hydrogen) atoms. The van der Waals surface area contributed by atoms with Gasteiger partial charge < -0.3 is 28.8 Å². The van der Waals surface area contributed by atoms with E-state index in [1.54, 1.807) is 47.1 Å². The van der Waals surface area contributed by atoms with E-state index in [0.29, 0.717) is 54.4 Å². The van der Waals surface area contributed by atoms with E-state index in [9.17, 15) is 9.59 Å². The van der Waals surface area contributed by atoms with Crippen molar-refractivity contribution in [2.75, 3.05) is 34.0 Å². The van der Waals surface area contributed by atoms with Gasteiger partial charge in [0.05, 0.1) is 20.8 Å². The molecule has 0 saturated heterocycles. The minimum atomic E-state index is -1.56. The van der Waals surface area contributed by atoms with Crippen molar-refractivity contribution >= 4 is 17.8 Å². The molecule has 0 aromatic heterocycles. The quantitative estimate of drug-likeness (QED) is 0.0645. The average Bonchev–Trinajstić information content (AvgIpc) is 3.56. The number of carbonyl (C=O) groups excluding carboxylic acids is 2. The van der Waals surface area contributed by atoms with Gasteiger partial charge >= 0.3 is 5.97 Å². The van der Waals surface area contributed by atoms with Crippen LogP contribution in [0.3, 0.4) is 0 Å². The second-order valence-corrected chi connectivity index (χ2v) is 13.7. The molecular formula is C42H49N3O8. The highest BCUT2D eigenvalue weighted by Gasteiger charge is 2.53. The highest BCUT2D eigenvalue weighted by molar-refractivity contribution is 6.01. The van der Waals surface area contributed by atoms with E-state index in [0.717, 1.165) is 16.7 Å². The smallest absolute Gasteiger partial charge is 0.306 e. The van der Waals surface area contributed by atoms with Crippen LogP contribution in [0.25, 0.3) is 11.1 Å². The first-order valence-electron chi connectivity index (χ1n) is 17.8. The van der Waals surface area contributed by atoms with Gasteiger partial charge in [0.2, 0.25) is 5.90 Å². The molecule has 11 heteroatoms. The average molecular weight is 724 g/mol. The van der Waals surface area contributed by atoms with E-state index in [1.165, 1.54) is 0 Å². The summed E-state index contributed by atoms with van der Waals surface area (Å²) < 4.78 is 28.9. The molecule has 0 saturated carbocycles. The van der Waals surface area contributed by atoms with E-state index in [2.05, 4.69) is 10.9 Å². The molecule has 0 bridgehead atoms. The molecule has 1 amide bonds. The van der Waals surface area contributed by atoms with Crippen molar-refractivity contribution in [2.45, 2.75) is 63.7 Å². The number of benzene rings is 4. The zero-order valence-electron chi connectivity index (χ0n) is 31.0. The Labute approximate surface area is 311 Å². The van der Waals surface area contributed by atoms with Gasteiger partial charge in [-0.1, -0.05) is 54.6 Å². The fraction of sp³-hybridized carbons (Fsp3) is 0.357. The second-order valence-electron chi connectivity index (χ2n) is 13.7. The number of esters is 1. The highest BCUT2D eigenvalue weighted by atomic mass is 16.6. The fourth-order valence-corrected chi connectivity index (χ4v) is 6.06. The van der Waals surface area contributed by atoms with Gasteiger partial charge in [0.1, 0.15) is 22.8 Å². The number of aliphatic hydroxyl groups excluding tert-OH is 1. The lowest BCUT2D eigenvalue weighted by atomic mass is 9.83. The Morgan fingerprint density at radius 3 is 2.21 bits per heavy atom. The molecule has 0 unspecified atom stereocenters. The summed E-state index contributed by atoms with van der Waals surface area (Å²) in [5.74, 6) is 1.37. The van der Waals surface area contributed by atoms with E-state index >= 15 is 0 Å². The predicted molar refractivity (Wildman–Crippen MR) is 203 cm³/mol. The molecule has 1 heterocycles. The molecule has 2 atom stereocenters. The molecule has 0 radical (unpaired) electrons. The number of hydrogen-bond donors (Lipinski definition) is 3. The summed E-state index contributed by atoms with van der Waals surface area (Å²) in [6.07, 6.45) is 0.0791. The Balaban J connectivity index is 1.47. The minimum absolute atomic E-state index is 0.0100. The summed E-state index contributed by atoms with van der Waals surface area (Å²) in [6, 6.07) is 30.6. The van der Waals surface area contributed by atoms with Crippen molar-refractivity contribution in [1.29, 1.82) is 0 Å². The lowest BCUT2D eigenvalue weighted by Crippen LogP contribution is -2.53. The molecular weight excluding hydrogens is 674 g/mol. The van der Waals surface area contributed by atoms with Gasteiger partial charge in [-0.15, -0.1) is 0 Å². The van der Waals surface area contributed by atoms with Gasteiger partial charge in [0.15, 0.2) is 11.6 Å². The molecule has 280 valence electrons. The number of ether oxygens (including phenoxy) is 5. The molecule has 1 aliphatic rings. The molecule has 4 aromatic rings. The van der Waals surface area contributed by atoms with Crippen molar-refractivity contribution in [3.63, 3.8) is 0 Å². The Morgan fingerprint density at radius 2 is 1.55 bits per heavy atom. The molecule has 1 aliphatic heterocycles. The van der Waals surface area contributed by atoms with Crippen LogP contribution in [0, 0.1) is 0 Å². The van der Waals surface area contributed by atoms with Gasteiger partial charge in [0.25, 0.3) is 5.91 Å². The topological polar surface area (TPSA) is 137 Å². The third-order valence-electron chi connectivity index (χ3n) is 8.69. The monoisotopic (exact) mass is 723 g/mol. The maximum absolute atomic E-state index is 14.6. The fourth-order valence-electron chi connectivity index (χ4n) is 6.06. The number of amides is 1. The number of hydrogen-bond acceptors (Lipinski definition) is 10. The zero-order valence-corrected chi connectivity index (χ0v) is 31.0. The Bertz CT molecular complexity index is 1840. The van der Waals surface area contributed by atoms with Crippen LogP contribution in [-0.2, 0) is 25.5 Å². The van der Waals surface area contributed by atoms with Crippen molar-refractivity contribution < 1.29 is 38.4 Å². The van der Waals surface area contributed by atoms with Crippen molar-refractivity contribution in [3.8, 4) is 28.4 Å². The van der Waals surface area contributed by atoms with Gasteiger partial charge in [0, 0.05) is 31.6 Å². The molecule has 5 rings (SSSR count). The molecule has 0 aliphatic carbocycles. The molecule has 11 nitrogen and oxygen atoms in total. The first-order chi connectivity index (χ1) is 25.5. The number of aliphatic imine (C=N–C) groups is 1. The van der Waals surface area contributed by atoms with Crippen LogP contribution in [0.15, 0.2) is 102 Å². The van der Waals surface area contributed by atoms with E-state index in [1.807, 2.05) is 84.9 Å². The zero-order chi connectivity index (χ0) is 37.8. The van der Waals surface area contributed by atoms with Crippen molar-refractivity contribution in [2.24, 2.45) is 4.99 Å². The summed E-state index contributed by atoms with van der Waals surface area (Å²) in [5.41, 5.74) is 7.99. The van der Waals surface area contributed by atoms with Gasteiger partial charge in [-0.2, -0.15) is 0 Å². The normalized spacial score (nSPS) is 16.6. The summed E-state index contributed by atoms with van der Waals surface area (Å²) in [5, 5.41) is 9.12. The lowest BCUT2D eigenvalue weighted by molar-refractivity contribution is -0.155. The predicted octanol–water partition coefficient (Wildman–Crippen LogP) is 6.37. The van der Waals surface area contributed by atoms with Gasteiger partial charge in [-0.25, -0.2) is 10.4 Å². The third-order valence-corrected chi connectivity index (χ3v) is 8.69. The van der Waals surface area contributed by atoms with Crippen LogP contribution in [0.5, 0.6) is 17.2 Å². The van der Waals surface area contributed by atoms with Crippen LogP contribution in [0.2, 0.25) is 0 Å². The molecule has 0 fully saturated rings. The van der Waals surface area contributed by atoms with Gasteiger partial charge in [-0.3, -0.25) is 15.0 Å². The minimum Gasteiger partial charge on any atom is -0.497 e. The Kier molecular flexibility index (Phi) is 13.1. The summed E-state index contributed by atoms with van der Waals surface area (Å²) >= 11 is 0. The van der Waals surface area contributed by atoms with Crippen LogP contribution in [0.1, 0.15) is 62.8 Å². The standard InChI is InChI=1S/C42H49N3O8/c1-41(2,3)53-37(47)22-24-42(40(48)45-43-25-23-33-28-35(49-4)20-21-36(33)50-5)38(31-14-12-30(13-15-31)29-10-7-6-8-11-29)52-39(44-42)32-16-18-34(19-17-32)51-27-9-26-46/h6-8,10-21,28,38,43,46H,9,22-27H2,1-5H3,(H,45,48)/t38-,42-/m0/s1. The maximum Gasteiger partial charge on any atom is 0.306 e. The number of methoxy groups -OCH3 is 2.